The van der Waals surface area contributed by atoms with Crippen LogP contribution in [0.1, 0.15) is 55.5 Å². The lowest BCUT2D eigenvalue weighted by Crippen LogP contribution is -2.20. The Morgan fingerprint density at radius 1 is 1.17 bits per heavy atom. The Labute approximate surface area is 144 Å². The maximum atomic E-state index is 12.3. The number of nitrogens with one attached hydrogen (secondary N) is 1. The van der Waals surface area contributed by atoms with Crippen molar-refractivity contribution in [2.75, 3.05) is 23.8 Å². The molecule has 0 aliphatic heterocycles. The third-order valence-electron chi connectivity index (χ3n) is 4.08. The zero-order valence-corrected chi connectivity index (χ0v) is 15.0. The molecule has 1 aromatic carbocycles. The van der Waals surface area contributed by atoms with Crippen LogP contribution in [0.25, 0.3) is 0 Å². The first kappa shape index (κ1) is 18.0. The number of pyridine rings is 1. The molecule has 1 amide bonds. The fourth-order valence-electron chi connectivity index (χ4n) is 2.41. The number of rotatable bonds is 7. The standard InChI is InChI=1S/C20H27N3O/c1-5-6-13-23(4)19-12-9-17(14-21-19)20(24)22-18-10-7-16(8-11-18)15(2)3/h7-12,14-15H,5-6,13H2,1-4H3,(H,22,24). The fraction of sp³-hybridized carbons (Fsp3) is 0.400. The second kappa shape index (κ2) is 8.48. The molecule has 2 aromatic rings. The Bertz CT molecular complexity index is 648. The highest BCUT2D eigenvalue weighted by molar-refractivity contribution is 6.04. The van der Waals surface area contributed by atoms with Gasteiger partial charge in [0.1, 0.15) is 5.82 Å². The molecule has 4 nitrogen and oxygen atoms in total. The van der Waals surface area contributed by atoms with Crippen molar-refractivity contribution in [3.05, 3.63) is 53.7 Å². The molecule has 0 atom stereocenters. The first-order valence-electron chi connectivity index (χ1n) is 8.59. The number of hydrogen-bond donors (Lipinski definition) is 1. The molecule has 1 heterocycles. The van der Waals surface area contributed by atoms with E-state index in [0.29, 0.717) is 11.5 Å². The highest BCUT2D eigenvalue weighted by Crippen LogP contribution is 2.18. The molecule has 4 heteroatoms. The molecule has 0 saturated carbocycles. The number of carbonyl (C=O) groups excluding carboxylic acids is 1. The van der Waals surface area contributed by atoms with E-state index in [1.807, 2.05) is 43.4 Å². The number of carbonyl (C=O) groups is 1. The highest BCUT2D eigenvalue weighted by atomic mass is 16.1. The van der Waals surface area contributed by atoms with Gasteiger partial charge < -0.3 is 10.2 Å². The molecule has 2 rings (SSSR count). The molecule has 0 aliphatic carbocycles. The van der Waals surface area contributed by atoms with Crippen molar-refractivity contribution in [3.63, 3.8) is 0 Å². The van der Waals surface area contributed by atoms with Crippen LogP contribution in [0.2, 0.25) is 0 Å². The lowest BCUT2D eigenvalue weighted by atomic mass is 10.0. The molecule has 0 bridgehead atoms. The van der Waals surface area contributed by atoms with Crippen LogP contribution in [-0.2, 0) is 0 Å². The quantitative estimate of drug-likeness (QED) is 0.803. The SMILES string of the molecule is CCCCN(C)c1ccc(C(=O)Nc2ccc(C(C)C)cc2)cn1. The van der Waals surface area contributed by atoms with Gasteiger partial charge in [0, 0.05) is 25.5 Å². The summed E-state index contributed by atoms with van der Waals surface area (Å²) in [5.41, 5.74) is 2.62. The molecule has 0 fully saturated rings. The second-order valence-electron chi connectivity index (χ2n) is 6.41. The van der Waals surface area contributed by atoms with Gasteiger partial charge in [-0.2, -0.15) is 0 Å². The van der Waals surface area contributed by atoms with E-state index in [1.54, 1.807) is 6.20 Å². The average molecular weight is 325 g/mol. The van der Waals surface area contributed by atoms with Gasteiger partial charge >= 0.3 is 0 Å². The summed E-state index contributed by atoms with van der Waals surface area (Å²) < 4.78 is 0. The number of amides is 1. The van der Waals surface area contributed by atoms with Gasteiger partial charge in [-0.1, -0.05) is 39.3 Å². The number of aromatic nitrogens is 1. The summed E-state index contributed by atoms with van der Waals surface area (Å²) in [7, 11) is 2.02. The van der Waals surface area contributed by atoms with Crippen molar-refractivity contribution >= 4 is 17.4 Å². The predicted molar refractivity (Wildman–Crippen MR) is 101 cm³/mol. The number of hydrogen-bond acceptors (Lipinski definition) is 3. The topological polar surface area (TPSA) is 45.2 Å². The van der Waals surface area contributed by atoms with Crippen molar-refractivity contribution in [2.45, 2.75) is 39.5 Å². The molecule has 1 N–H and O–H groups in total. The van der Waals surface area contributed by atoms with Gasteiger partial charge in [-0.3, -0.25) is 4.79 Å². The van der Waals surface area contributed by atoms with Gasteiger partial charge in [0.2, 0.25) is 0 Å². The minimum atomic E-state index is -0.137. The average Bonchev–Trinajstić information content (AvgIpc) is 2.60. The first-order chi connectivity index (χ1) is 11.5. The van der Waals surface area contributed by atoms with Crippen LogP contribution in [0.5, 0.6) is 0 Å². The van der Waals surface area contributed by atoms with Gasteiger partial charge in [-0.25, -0.2) is 4.98 Å². The normalized spacial score (nSPS) is 10.7. The lowest BCUT2D eigenvalue weighted by molar-refractivity contribution is 0.102. The number of nitrogens with zero attached hydrogens (tertiary/aromatic N) is 2. The van der Waals surface area contributed by atoms with Crippen LogP contribution in [0.4, 0.5) is 11.5 Å². The van der Waals surface area contributed by atoms with E-state index in [0.717, 1.165) is 30.9 Å². The third kappa shape index (κ3) is 4.82. The van der Waals surface area contributed by atoms with E-state index < -0.39 is 0 Å². The zero-order chi connectivity index (χ0) is 17.5. The summed E-state index contributed by atoms with van der Waals surface area (Å²) in [5.74, 6) is 1.24. The van der Waals surface area contributed by atoms with E-state index >= 15 is 0 Å². The van der Waals surface area contributed by atoms with Crippen LogP contribution in [0.3, 0.4) is 0 Å². The van der Waals surface area contributed by atoms with Crippen molar-refractivity contribution in [1.82, 2.24) is 4.98 Å². The minimum Gasteiger partial charge on any atom is -0.360 e. The van der Waals surface area contributed by atoms with Crippen LogP contribution < -0.4 is 10.2 Å². The van der Waals surface area contributed by atoms with Crippen LogP contribution in [0.15, 0.2) is 42.6 Å². The van der Waals surface area contributed by atoms with Gasteiger partial charge in [0.05, 0.1) is 5.56 Å². The monoisotopic (exact) mass is 325 g/mol. The molecule has 0 unspecified atom stereocenters. The zero-order valence-electron chi connectivity index (χ0n) is 15.0. The summed E-state index contributed by atoms with van der Waals surface area (Å²) in [4.78, 5) is 18.8. The smallest absolute Gasteiger partial charge is 0.257 e. The van der Waals surface area contributed by atoms with E-state index in [-0.39, 0.29) is 5.91 Å². The Morgan fingerprint density at radius 2 is 1.88 bits per heavy atom. The highest BCUT2D eigenvalue weighted by Gasteiger charge is 2.09. The lowest BCUT2D eigenvalue weighted by Gasteiger charge is -2.17. The summed E-state index contributed by atoms with van der Waals surface area (Å²) in [6, 6.07) is 11.7. The number of benzene rings is 1. The summed E-state index contributed by atoms with van der Waals surface area (Å²) in [6.07, 6.45) is 3.92. The summed E-state index contributed by atoms with van der Waals surface area (Å²) in [5, 5.41) is 2.91. The van der Waals surface area contributed by atoms with Crippen molar-refractivity contribution < 1.29 is 4.79 Å². The molecule has 0 spiro atoms. The van der Waals surface area contributed by atoms with E-state index in [1.165, 1.54) is 5.56 Å². The van der Waals surface area contributed by atoms with Gasteiger partial charge in [-0.15, -0.1) is 0 Å². The Hall–Kier alpha value is -2.36. The van der Waals surface area contributed by atoms with E-state index in [4.69, 9.17) is 0 Å². The molecule has 0 radical (unpaired) electrons. The summed E-state index contributed by atoms with van der Waals surface area (Å²) >= 11 is 0. The van der Waals surface area contributed by atoms with Crippen LogP contribution >= 0.6 is 0 Å². The van der Waals surface area contributed by atoms with Crippen molar-refractivity contribution in [3.8, 4) is 0 Å². The fourth-order valence-corrected chi connectivity index (χ4v) is 2.41. The molecular formula is C20H27N3O. The maximum absolute atomic E-state index is 12.3. The van der Waals surface area contributed by atoms with Crippen LogP contribution in [-0.4, -0.2) is 24.5 Å². The maximum Gasteiger partial charge on any atom is 0.257 e. The molecule has 0 saturated heterocycles. The van der Waals surface area contributed by atoms with Gasteiger partial charge in [0.15, 0.2) is 0 Å². The van der Waals surface area contributed by atoms with E-state index in [2.05, 4.69) is 36.0 Å². The molecule has 0 aliphatic rings. The minimum absolute atomic E-state index is 0.137. The number of anilines is 2. The Balaban J connectivity index is 1.99. The number of unbranched alkanes of at least 4 members (excludes halogenated alkanes) is 1. The molecular weight excluding hydrogens is 298 g/mol. The van der Waals surface area contributed by atoms with Gasteiger partial charge in [-0.05, 0) is 42.2 Å². The van der Waals surface area contributed by atoms with E-state index in [9.17, 15) is 4.79 Å². The Morgan fingerprint density at radius 3 is 2.42 bits per heavy atom. The largest absolute Gasteiger partial charge is 0.360 e. The van der Waals surface area contributed by atoms with Crippen LogP contribution in [0, 0.1) is 0 Å². The predicted octanol–water partition coefficient (Wildman–Crippen LogP) is 4.69. The second-order valence-corrected chi connectivity index (χ2v) is 6.41. The molecule has 128 valence electrons. The molecule has 1 aromatic heterocycles. The first-order valence-corrected chi connectivity index (χ1v) is 8.59. The van der Waals surface area contributed by atoms with Crippen molar-refractivity contribution in [2.24, 2.45) is 0 Å². The third-order valence-corrected chi connectivity index (χ3v) is 4.08. The molecule has 24 heavy (non-hydrogen) atoms. The Kier molecular flexibility index (Phi) is 6.36. The van der Waals surface area contributed by atoms with Crippen molar-refractivity contribution in [1.29, 1.82) is 0 Å². The van der Waals surface area contributed by atoms with Gasteiger partial charge in [0.25, 0.3) is 5.91 Å². The summed E-state index contributed by atoms with van der Waals surface area (Å²) in [6.45, 7) is 7.44.